The van der Waals surface area contributed by atoms with E-state index in [1.165, 1.54) is 5.56 Å². The number of rotatable bonds is 8. The molecule has 6 heteroatoms. The van der Waals surface area contributed by atoms with Crippen LogP contribution in [0, 0.1) is 0 Å². The number of amides is 1. The molecule has 0 fully saturated rings. The van der Waals surface area contributed by atoms with Gasteiger partial charge in [-0.3, -0.25) is 9.78 Å². The number of likely N-dealkylation sites (N-methyl/N-ethyl adjacent to an activating group) is 1. The van der Waals surface area contributed by atoms with Crippen molar-refractivity contribution in [2.45, 2.75) is 6.42 Å². The number of pyridine rings is 1. The van der Waals surface area contributed by atoms with Crippen LogP contribution >= 0.6 is 11.6 Å². The maximum Gasteiger partial charge on any atom is 0.269 e. The van der Waals surface area contributed by atoms with E-state index in [2.05, 4.69) is 15.6 Å². The summed E-state index contributed by atoms with van der Waals surface area (Å²) in [6.07, 6.45) is 2.52. The fraction of sp³-hybridized carbons (Fsp3) is 0.333. The number of carbonyl (C=O) groups excluding carboxylic acids is 1. The molecular formula is C18H23ClN4O. The largest absolute Gasteiger partial charge is 0.385 e. The Morgan fingerprint density at radius 3 is 2.62 bits per heavy atom. The van der Waals surface area contributed by atoms with Crippen molar-refractivity contribution in [3.63, 3.8) is 0 Å². The molecule has 2 N–H and O–H groups in total. The van der Waals surface area contributed by atoms with Crippen LogP contribution in [0.1, 0.15) is 16.1 Å². The number of anilines is 1. The second-order valence-corrected chi connectivity index (χ2v) is 6.23. The molecular weight excluding hydrogens is 324 g/mol. The topological polar surface area (TPSA) is 57.3 Å². The number of nitrogens with one attached hydrogen (secondary N) is 2. The van der Waals surface area contributed by atoms with Crippen molar-refractivity contribution in [2.24, 2.45) is 0 Å². The van der Waals surface area contributed by atoms with Crippen molar-refractivity contribution in [1.29, 1.82) is 0 Å². The van der Waals surface area contributed by atoms with E-state index in [4.69, 9.17) is 11.6 Å². The lowest BCUT2D eigenvalue weighted by Gasteiger charge is -2.11. The van der Waals surface area contributed by atoms with E-state index in [0.29, 0.717) is 12.2 Å². The first-order valence-electron chi connectivity index (χ1n) is 7.92. The number of benzene rings is 1. The SMILES string of the molecule is CN(C)CCNC(=O)c1cc(NCCc2ccc(Cl)cc2)ccn1. The summed E-state index contributed by atoms with van der Waals surface area (Å²) in [5, 5.41) is 6.92. The number of halogens is 1. The normalized spacial score (nSPS) is 10.7. The molecule has 0 bridgehead atoms. The minimum absolute atomic E-state index is 0.154. The Balaban J connectivity index is 1.83. The third-order valence-corrected chi connectivity index (χ3v) is 3.75. The Morgan fingerprint density at radius 2 is 1.92 bits per heavy atom. The summed E-state index contributed by atoms with van der Waals surface area (Å²) in [6, 6.07) is 11.4. The van der Waals surface area contributed by atoms with Crippen molar-refractivity contribution < 1.29 is 4.79 Å². The van der Waals surface area contributed by atoms with E-state index < -0.39 is 0 Å². The van der Waals surface area contributed by atoms with Crippen LogP contribution < -0.4 is 10.6 Å². The quantitative estimate of drug-likeness (QED) is 0.771. The van der Waals surface area contributed by atoms with Crippen molar-refractivity contribution in [3.8, 4) is 0 Å². The highest BCUT2D eigenvalue weighted by Crippen LogP contribution is 2.11. The zero-order valence-corrected chi connectivity index (χ0v) is 14.8. The number of hydrogen-bond donors (Lipinski definition) is 2. The van der Waals surface area contributed by atoms with Crippen LogP contribution in [-0.2, 0) is 6.42 Å². The van der Waals surface area contributed by atoms with Crippen LogP contribution in [0.5, 0.6) is 0 Å². The smallest absolute Gasteiger partial charge is 0.269 e. The third-order valence-electron chi connectivity index (χ3n) is 3.49. The van der Waals surface area contributed by atoms with E-state index in [-0.39, 0.29) is 5.91 Å². The molecule has 0 aliphatic rings. The van der Waals surface area contributed by atoms with Gasteiger partial charge in [0.05, 0.1) is 0 Å². The number of aromatic nitrogens is 1. The van der Waals surface area contributed by atoms with Crippen LogP contribution in [0.4, 0.5) is 5.69 Å². The Bertz CT molecular complexity index is 658. The van der Waals surface area contributed by atoms with Crippen molar-refractivity contribution in [2.75, 3.05) is 39.0 Å². The van der Waals surface area contributed by atoms with Gasteiger partial charge >= 0.3 is 0 Å². The van der Waals surface area contributed by atoms with Gasteiger partial charge in [0.1, 0.15) is 5.69 Å². The van der Waals surface area contributed by atoms with E-state index in [0.717, 1.165) is 30.2 Å². The summed E-state index contributed by atoms with van der Waals surface area (Å²) in [4.78, 5) is 18.2. The summed E-state index contributed by atoms with van der Waals surface area (Å²) in [5.74, 6) is -0.154. The van der Waals surface area contributed by atoms with Gasteiger partial charge in [-0.2, -0.15) is 0 Å². The molecule has 5 nitrogen and oxygen atoms in total. The average Bonchev–Trinajstić information content (AvgIpc) is 2.56. The van der Waals surface area contributed by atoms with Gasteiger partial charge in [0, 0.05) is 36.5 Å². The Morgan fingerprint density at radius 1 is 1.17 bits per heavy atom. The highest BCUT2D eigenvalue weighted by atomic mass is 35.5. The van der Waals surface area contributed by atoms with E-state index in [1.807, 2.05) is 49.3 Å². The first-order valence-corrected chi connectivity index (χ1v) is 8.29. The predicted octanol–water partition coefficient (Wildman–Crippen LogP) is 2.68. The Kier molecular flexibility index (Phi) is 7.03. The van der Waals surface area contributed by atoms with Crippen LogP contribution in [-0.4, -0.2) is 49.5 Å². The lowest BCUT2D eigenvalue weighted by molar-refractivity contribution is 0.0946. The molecule has 0 saturated carbocycles. The summed E-state index contributed by atoms with van der Waals surface area (Å²) >= 11 is 5.88. The van der Waals surface area contributed by atoms with Crippen molar-refractivity contribution in [3.05, 3.63) is 58.9 Å². The number of nitrogens with zero attached hydrogens (tertiary/aromatic N) is 2. The molecule has 128 valence electrons. The molecule has 0 atom stereocenters. The van der Waals surface area contributed by atoms with E-state index in [9.17, 15) is 4.79 Å². The number of carbonyl (C=O) groups is 1. The van der Waals surface area contributed by atoms with Crippen LogP contribution in [0.2, 0.25) is 5.02 Å². The van der Waals surface area contributed by atoms with Gasteiger partial charge in [-0.25, -0.2) is 0 Å². The van der Waals surface area contributed by atoms with Gasteiger partial charge in [0.25, 0.3) is 5.91 Å². The minimum atomic E-state index is -0.154. The van der Waals surface area contributed by atoms with Gasteiger partial charge in [-0.05, 0) is 50.3 Å². The van der Waals surface area contributed by atoms with Gasteiger partial charge in [0.2, 0.25) is 0 Å². The molecule has 0 saturated heterocycles. The molecule has 2 aromatic rings. The van der Waals surface area contributed by atoms with Crippen LogP contribution in [0.15, 0.2) is 42.6 Å². The van der Waals surface area contributed by atoms with E-state index in [1.54, 1.807) is 12.3 Å². The molecule has 0 unspecified atom stereocenters. The van der Waals surface area contributed by atoms with E-state index >= 15 is 0 Å². The van der Waals surface area contributed by atoms with Gasteiger partial charge in [-0.15, -0.1) is 0 Å². The Hall–Kier alpha value is -2.11. The molecule has 0 spiro atoms. The molecule has 1 aromatic carbocycles. The first kappa shape index (κ1) is 18.2. The van der Waals surface area contributed by atoms with Gasteiger partial charge in [-0.1, -0.05) is 23.7 Å². The fourth-order valence-electron chi connectivity index (χ4n) is 2.15. The lowest BCUT2D eigenvalue weighted by Crippen LogP contribution is -2.31. The second-order valence-electron chi connectivity index (χ2n) is 5.79. The average molecular weight is 347 g/mol. The van der Waals surface area contributed by atoms with Crippen LogP contribution in [0.3, 0.4) is 0 Å². The first-order chi connectivity index (χ1) is 11.5. The molecule has 0 aliphatic heterocycles. The molecule has 1 amide bonds. The zero-order chi connectivity index (χ0) is 17.4. The standard InChI is InChI=1S/C18H23ClN4O/c1-23(2)12-11-22-18(24)17-13-16(8-10-21-17)20-9-7-14-3-5-15(19)6-4-14/h3-6,8,10,13H,7,9,11-12H2,1-2H3,(H,20,21)(H,22,24). The molecule has 2 rings (SSSR count). The van der Waals surface area contributed by atoms with Gasteiger partial charge < -0.3 is 15.5 Å². The third kappa shape index (κ3) is 6.18. The molecule has 24 heavy (non-hydrogen) atoms. The Labute approximate surface area is 148 Å². The number of hydrogen-bond acceptors (Lipinski definition) is 4. The highest BCUT2D eigenvalue weighted by molar-refractivity contribution is 6.30. The molecule has 0 aliphatic carbocycles. The molecule has 0 radical (unpaired) electrons. The fourth-order valence-corrected chi connectivity index (χ4v) is 2.28. The molecule has 1 aromatic heterocycles. The summed E-state index contributed by atoms with van der Waals surface area (Å²) in [5.41, 5.74) is 2.52. The van der Waals surface area contributed by atoms with Crippen molar-refractivity contribution in [1.82, 2.24) is 15.2 Å². The maximum absolute atomic E-state index is 12.1. The summed E-state index contributed by atoms with van der Waals surface area (Å²) in [7, 11) is 3.94. The second kappa shape index (κ2) is 9.25. The maximum atomic E-state index is 12.1. The predicted molar refractivity (Wildman–Crippen MR) is 98.8 cm³/mol. The summed E-state index contributed by atoms with van der Waals surface area (Å²) < 4.78 is 0. The lowest BCUT2D eigenvalue weighted by atomic mass is 10.1. The summed E-state index contributed by atoms with van der Waals surface area (Å²) in [6.45, 7) is 2.17. The zero-order valence-electron chi connectivity index (χ0n) is 14.1. The van der Waals surface area contributed by atoms with Gasteiger partial charge in [0.15, 0.2) is 0 Å². The highest BCUT2D eigenvalue weighted by Gasteiger charge is 2.07. The monoisotopic (exact) mass is 346 g/mol. The van der Waals surface area contributed by atoms with Crippen molar-refractivity contribution >= 4 is 23.2 Å². The van der Waals surface area contributed by atoms with Crippen LogP contribution in [0.25, 0.3) is 0 Å². The minimum Gasteiger partial charge on any atom is -0.385 e. The molecule has 1 heterocycles.